The summed E-state index contributed by atoms with van der Waals surface area (Å²) < 4.78 is 23.6. The topological polar surface area (TPSA) is 36.9 Å². The van der Waals surface area contributed by atoms with Gasteiger partial charge in [-0.2, -0.15) is 0 Å². The first-order chi connectivity index (χ1) is 10.7. The van der Waals surface area contributed by atoms with Gasteiger partial charge < -0.3 is 18.0 Å². The molecular formula is C17H28O4Si. The molecule has 0 bridgehead atoms. The first kappa shape index (κ1) is 18.9. The lowest BCUT2D eigenvalue weighted by Gasteiger charge is -2.33. The third kappa shape index (κ3) is 5.57. The highest BCUT2D eigenvalue weighted by Crippen LogP contribution is 2.21. The molecule has 124 valence electrons. The molecule has 0 radical (unpaired) electrons. The molecule has 22 heavy (non-hydrogen) atoms. The summed E-state index contributed by atoms with van der Waals surface area (Å²) in [7, 11) is -2.84. The fraction of sp³-hybridized carbons (Fsp3) is 0.529. The molecule has 1 atom stereocenters. The van der Waals surface area contributed by atoms with E-state index < -0.39 is 8.80 Å². The van der Waals surface area contributed by atoms with Crippen molar-refractivity contribution in [3.05, 3.63) is 42.2 Å². The van der Waals surface area contributed by atoms with Gasteiger partial charge >= 0.3 is 8.80 Å². The van der Waals surface area contributed by atoms with Crippen LogP contribution in [-0.2, 0) is 18.0 Å². The first-order valence-electron chi connectivity index (χ1n) is 8.01. The van der Waals surface area contributed by atoms with Crippen LogP contribution in [0.4, 0.5) is 0 Å². The van der Waals surface area contributed by atoms with Crippen molar-refractivity contribution in [2.45, 2.75) is 39.8 Å². The Balaban J connectivity index is 2.81. The van der Waals surface area contributed by atoms with Gasteiger partial charge in [0.25, 0.3) is 0 Å². The summed E-state index contributed by atoms with van der Waals surface area (Å²) in [5.41, 5.74) is 0.890. The third-order valence-corrected chi connectivity index (χ3v) is 6.51. The van der Waals surface area contributed by atoms with Crippen LogP contribution in [0.2, 0.25) is 0 Å². The molecule has 1 aromatic carbocycles. The first-order valence-corrected chi connectivity index (χ1v) is 9.81. The van der Waals surface area contributed by atoms with Gasteiger partial charge in [-0.3, -0.25) is 0 Å². The molecule has 0 N–H and O–H groups in total. The van der Waals surface area contributed by atoms with Crippen LogP contribution in [0.15, 0.2) is 36.6 Å². The second-order valence-corrected chi connectivity index (χ2v) is 7.37. The van der Waals surface area contributed by atoms with Crippen molar-refractivity contribution in [2.24, 2.45) is 0 Å². The Morgan fingerprint density at radius 1 is 0.909 bits per heavy atom. The van der Waals surface area contributed by atoms with E-state index in [1.54, 1.807) is 6.26 Å². The summed E-state index contributed by atoms with van der Waals surface area (Å²) in [6.07, 6.45) is 4.42. The summed E-state index contributed by atoms with van der Waals surface area (Å²) in [6, 6.07) is 10.0. The molecule has 0 aliphatic heterocycles. The van der Waals surface area contributed by atoms with E-state index in [9.17, 15) is 0 Å². The van der Waals surface area contributed by atoms with Crippen molar-refractivity contribution in [3.63, 3.8) is 0 Å². The second-order valence-electron chi connectivity index (χ2n) is 4.65. The van der Waals surface area contributed by atoms with E-state index in [0.717, 1.165) is 12.0 Å². The van der Waals surface area contributed by atoms with Crippen molar-refractivity contribution in [3.8, 4) is 0 Å². The van der Waals surface area contributed by atoms with Crippen molar-refractivity contribution in [1.82, 2.24) is 0 Å². The molecule has 0 spiro atoms. The van der Waals surface area contributed by atoms with E-state index in [1.165, 1.54) is 0 Å². The van der Waals surface area contributed by atoms with E-state index in [-0.39, 0.29) is 5.73 Å². The molecule has 1 aromatic rings. The van der Waals surface area contributed by atoms with Crippen molar-refractivity contribution in [1.29, 1.82) is 0 Å². The maximum atomic E-state index is 5.92. The summed E-state index contributed by atoms with van der Waals surface area (Å²) in [4.78, 5) is 0. The molecule has 5 heteroatoms. The monoisotopic (exact) mass is 324 g/mol. The highest BCUT2D eigenvalue weighted by atomic mass is 28.4. The fourth-order valence-electron chi connectivity index (χ4n) is 2.21. The lowest BCUT2D eigenvalue weighted by Crippen LogP contribution is -2.57. The summed E-state index contributed by atoms with van der Waals surface area (Å²) in [5, 5.41) is 0. The van der Waals surface area contributed by atoms with Gasteiger partial charge in [-0.25, -0.2) is 0 Å². The Kier molecular flexibility index (Phi) is 9.08. The normalized spacial score (nSPS) is 13.5. The lowest BCUT2D eigenvalue weighted by atomic mass is 10.2. The number of rotatable bonds is 11. The van der Waals surface area contributed by atoms with Gasteiger partial charge in [0, 0.05) is 19.8 Å². The number of hydrogen-bond acceptors (Lipinski definition) is 4. The van der Waals surface area contributed by atoms with Crippen LogP contribution in [0.3, 0.4) is 0 Å². The van der Waals surface area contributed by atoms with Crippen LogP contribution in [0.1, 0.15) is 39.7 Å². The molecule has 4 nitrogen and oxygen atoms in total. The van der Waals surface area contributed by atoms with Crippen LogP contribution in [0.5, 0.6) is 0 Å². The van der Waals surface area contributed by atoms with Crippen LogP contribution in [0, 0.1) is 0 Å². The number of ether oxygens (including phenoxy) is 1. The van der Waals surface area contributed by atoms with Gasteiger partial charge in [-0.05, 0) is 38.8 Å². The van der Waals surface area contributed by atoms with E-state index in [4.69, 9.17) is 18.0 Å². The summed E-state index contributed by atoms with van der Waals surface area (Å²) in [6.45, 7) is 9.56. The molecule has 0 aromatic heterocycles. The zero-order chi connectivity index (χ0) is 16.3. The van der Waals surface area contributed by atoms with Gasteiger partial charge in [-0.15, -0.1) is 0 Å². The SMILES string of the molecule is CCO[Si](OCC)(OCC)C(CC)O/C=C/c1ccccc1. The summed E-state index contributed by atoms with van der Waals surface area (Å²) in [5.74, 6) is 0. The van der Waals surface area contributed by atoms with Crippen LogP contribution < -0.4 is 0 Å². The zero-order valence-corrected chi connectivity index (χ0v) is 15.1. The largest absolute Gasteiger partial charge is 0.543 e. The molecule has 0 fully saturated rings. The predicted octanol–water partition coefficient (Wildman–Crippen LogP) is 4.04. The van der Waals surface area contributed by atoms with E-state index in [1.807, 2.05) is 57.2 Å². The molecule has 0 saturated heterocycles. The standard InChI is InChI=1S/C17H28O4Si/c1-5-17(18-15-14-16-12-10-9-11-13-16)22(19-6-2,20-7-3)21-8-4/h9-15,17H,5-8H2,1-4H3/b15-14+. The van der Waals surface area contributed by atoms with Crippen LogP contribution in [-0.4, -0.2) is 34.4 Å². The van der Waals surface area contributed by atoms with E-state index in [2.05, 4.69) is 6.92 Å². The Labute approximate surface area is 135 Å². The quantitative estimate of drug-likeness (QED) is 0.455. The maximum absolute atomic E-state index is 5.92. The molecule has 0 aliphatic rings. The minimum atomic E-state index is -2.84. The van der Waals surface area contributed by atoms with Gasteiger partial charge in [0.2, 0.25) is 0 Å². The average Bonchev–Trinajstić information content (AvgIpc) is 2.53. The fourth-order valence-corrected chi connectivity index (χ4v) is 4.97. The van der Waals surface area contributed by atoms with Crippen LogP contribution >= 0.6 is 0 Å². The highest BCUT2D eigenvalue weighted by molar-refractivity contribution is 6.62. The van der Waals surface area contributed by atoms with Crippen molar-refractivity contribution >= 4 is 14.9 Å². The average molecular weight is 324 g/mol. The van der Waals surface area contributed by atoms with Crippen molar-refractivity contribution in [2.75, 3.05) is 19.8 Å². The van der Waals surface area contributed by atoms with E-state index in [0.29, 0.717) is 19.8 Å². The lowest BCUT2D eigenvalue weighted by molar-refractivity contribution is 0.0166. The Hall–Kier alpha value is -1.14. The minimum absolute atomic E-state index is 0.202. The van der Waals surface area contributed by atoms with Gasteiger partial charge in [-0.1, -0.05) is 37.3 Å². The minimum Gasteiger partial charge on any atom is -0.493 e. The second kappa shape index (κ2) is 10.6. The Morgan fingerprint density at radius 3 is 1.91 bits per heavy atom. The molecule has 0 aliphatic carbocycles. The van der Waals surface area contributed by atoms with Crippen LogP contribution in [0.25, 0.3) is 6.08 Å². The third-order valence-electron chi connectivity index (χ3n) is 3.10. The molecule has 1 rings (SSSR count). The molecule has 0 saturated carbocycles. The van der Waals surface area contributed by atoms with E-state index >= 15 is 0 Å². The predicted molar refractivity (Wildman–Crippen MR) is 91.3 cm³/mol. The number of benzene rings is 1. The smallest absolute Gasteiger partial charge is 0.493 e. The Morgan fingerprint density at radius 2 is 1.45 bits per heavy atom. The number of hydrogen-bond donors (Lipinski definition) is 0. The summed E-state index contributed by atoms with van der Waals surface area (Å²) >= 11 is 0. The van der Waals surface area contributed by atoms with Gasteiger partial charge in [0.05, 0.1) is 6.26 Å². The van der Waals surface area contributed by atoms with Crippen molar-refractivity contribution < 1.29 is 18.0 Å². The van der Waals surface area contributed by atoms with Gasteiger partial charge in [0.15, 0.2) is 5.73 Å². The molecule has 1 unspecified atom stereocenters. The zero-order valence-electron chi connectivity index (χ0n) is 14.1. The van der Waals surface area contributed by atoms with Gasteiger partial charge in [0.1, 0.15) is 0 Å². The molecule has 0 heterocycles. The Bertz CT molecular complexity index is 405. The highest BCUT2D eigenvalue weighted by Gasteiger charge is 2.50. The molecular weight excluding hydrogens is 296 g/mol. The maximum Gasteiger partial charge on any atom is 0.543 e. The molecule has 0 amide bonds.